The van der Waals surface area contributed by atoms with Crippen LogP contribution in [0.2, 0.25) is 0 Å². The molecular formula is C13H20N2O. The summed E-state index contributed by atoms with van der Waals surface area (Å²) in [7, 11) is 0. The molecule has 0 atom stereocenters. The van der Waals surface area contributed by atoms with Gasteiger partial charge in [-0.2, -0.15) is 0 Å². The molecular weight excluding hydrogens is 200 g/mol. The van der Waals surface area contributed by atoms with Crippen molar-refractivity contribution in [3.63, 3.8) is 0 Å². The van der Waals surface area contributed by atoms with Crippen LogP contribution in [0.4, 0.5) is 5.69 Å². The van der Waals surface area contributed by atoms with Crippen LogP contribution in [-0.4, -0.2) is 29.7 Å². The molecule has 0 heterocycles. The monoisotopic (exact) mass is 220 g/mol. The van der Waals surface area contributed by atoms with Crippen molar-refractivity contribution in [3.05, 3.63) is 42.0 Å². The van der Waals surface area contributed by atoms with Crippen molar-refractivity contribution in [1.82, 2.24) is 4.90 Å². The van der Waals surface area contributed by atoms with Crippen molar-refractivity contribution in [1.29, 1.82) is 0 Å². The van der Waals surface area contributed by atoms with Crippen molar-refractivity contribution in [3.8, 4) is 0 Å². The van der Waals surface area contributed by atoms with Crippen LogP contribution in [0.5, 0.6) is 0 Å². The number of rotatable bonds is 6. The van der Waals surface area contributed by atoms with E-state index < -0.39 is 0 Å². The van der Waals surface area contributed by atoms with Crippen molar-refractivity contribution in [2.45, 2.75) is 13.5 Å². The third-order valence-corrected chi connectivity index (χ3v) is 2.55. The summed E-state index contributed by atoms with van der Waals surface area (Å²) >= 11 is 0. The Morgan fingerprint density at radius 3 is 2.81 bits per heavy atom. The second kappa shape index (κ2) is 6.30. The number of hydrogen-bond acceptors (Lipinski definition) is 3. The minimum atomic E-state index is 0.162. The highest BCUT2D eigenvalue weighted by molar-refractivity contribution is 5.48. The van der Waals surface area contributed by atoms with E-state index in [-0.39, 0.29) is 6.61 Å². The largest absolute Gasteiger partial charge is 0.399 e. The van der Waals surface area contributed by atoms with Gasteiger partial charge in [0, 0.05) is 25.3 Å². The van der Waals surface area contributed by atoms with Crippen LogP contribution >= 0.6 is 0 Å². The lowest BCUT2D eigenvalue weighted by Gasteiger charge is -2.19. The van der Waals surface area contributed by atoms with Crippen molar-refractivity contribution in [2.75, 3.05) is 25.4 Å². The molecule has 3 nitrogen and oxygen atoms in total. The number of anilines is 1. The highest BCUT2D eigenvalue weighted by Gasteiger charge is 2.04. The summed E-state index contributed by atoms with van der Waals surface area (Å²) in [5.41, 5.74) is 8.94. The summed E-state index contributed by atoms with van der Waals surface area (Å²) in [4.78, 5) is 2.12. The second-order valence-corrected chi connectivity index (χ2v) is 3.94. The highest BCUT2D eigenvalue weighted by atomic mass is 16.3. The van der Waals surface area contributed by atoms with Gasteiger partial charge in [-0.15, -0.1) is 6.58 Å². The standard InChI is InChI=1S/C13H20N2O/c1-3-6-15(7-8-16)10-12-5-4-11(2)13(14)9-12/h3-5,9,16H,1,6-8,10,14H2,2H3. The third-order valence-electron chi connectivity index (χ3n) is 2.55. The molecule has 0 fully saturated rings. The Kier molecular flexibility index (Phi) is 5.02. The molecule has 0 saturated heterocycles. The van der Waals surface area contributed by atoms with Gasteiger partial charge in [0.05, 0.1) is 6.61 Å². The Bertz CT molecular complexity index is 350. The van der Waals surface area contributed by atoms with Crippen molar-refractivity contribution < 1.29 is 5.11 Å². The Balaban J connectivity index is 2.68. The van der Waals surface area contributed by atoms with E-state index in [1.54, 1.807) is 0 Å². The molecule has 0 aromatic heterocycles. The topological polar surface area (TPSA) is 49.5 Å². The maximum absolute atomic E-state index is 8.94. The lowest BCUT2D eigenvalue weighted by Crippen LogP contribution is -2.26. The van der Waals surface area contributed by atoms with Crippen LogP contribution in [0.25, 0.3) is 0 Å². The highest BCUT2D eigenvalue weighted by Crippen LogP contribution is 2.14. The lowest BCUT2D eigenvalue weighted by atomic mass is 10.1. The number of hydrogen-bond donors (Lipinski definition) is 2. The molecule has 0 radical (unpaired) electrons. The van der Waals surface area contributed by atoms with E-state index in [0.29, 0.717) is 6.54 Å². The zero-order valence-electron chi connectivity index (χ0n) is 9.82. The summed E-state index contributed by atoms with van der Waals surface area (Å²) in [6.45, 7) is 8.08. The van der Waals surface area contributed by atoms with E-state index >= 15 is 0 Å². The van der Waals surface area contributed by atoms with Crippen molar-refractivity contribution >= 4 is 5.69 Å². The summed E-state index contributed by atoms with van der Waals surface area (Å²) in [5.74, 6) is 0. The quantitative estimate of drug-likeness (QED) is 0.565. The molecule has 0 saturated carbocycles. The minimum absolute atomic E-state index is 0.162. The number of nitrogens with two attached hydrogens (primary N) is 1. The first-order valence-corrected chi connectivity index (χ1v) is 5.46. The van der Waals surface area contributed by atoms with Gasteiger partial charge in [0.1, 0.15) is 0 Å². The van der Waals surface area contributed by atoms with Gasteiger partial charge in [-0.05, 0) is 24.1 Å². The Labute approximate surface area is 97.2 Å². The Morgan fingerprint density at radius 2 is 2.25 bits per heavy atom. The average molecular weight is 220 g/mol. The normalized spacial score (nSPS) is 10.7. The number of nitrogens with zero attached hydrogens (tertiary/aromatic N) is 1. The molecule has 0 bridgehead atoms. The molecule has 16 heavy (non-hydrogen) atoms. The van der Waals surface area contributed by atoms with Gasteiger partial charge in [0.25, 0.3) is 0 Å². The minimum Gasteiger partial charge on any atom is -0.399 e. The van der Waals surface area contributed by atoms with E-state index in [0.717, 1.165) is 24.3 Å². The van der Waals surface area contributed by atoms with Crippen LogP contribution in [0.3, 0.4) is 0 Å². The summed E-state index contributed by atoms with van der Waals surface area (Å²) < 4.78 is 0. The van der Waals surface area contributed by atoms with Gasteiger partial charge in [-0.3, -0.25) is 4.90 Å². The second-order valence-electron chi connectivity index (χ2n) is 3.94. The number of aliphatic hydroxyl groups excluding tert-OH is 1. The van der Waals surface area contributed by atoms with Gasteiger partial charge in [0.15, 0.2) is 0 Å². The average Bonchev–Trinajstić information content (AvgIpc) is 2.24. The third kappa shape index (κ3) is 3.68. The molecule has 1 rings (SSSR count). The van der Waals surface area contributed by atoms with E-state index in [4.69, 9.17) is 10.8 Å². The van der Waals surface area contributed by atoms with Crippen LogP contribution in [0.1, 0.15) is 11.1 Å². The van der Waals surface area contributed by atoms with E-state index in [2.05, 4.69) is 17.5 Å². The molecule has 3 heteroatoms. The van der Waals surface area contributed by atoms with Gasteiger partial charge in [-0.1, -0.05) is 18.2 Å². The van der Waals surface area contributed by atoms with Crippen molar-refractivity contribution in [2.24, 2.45) is 0 Å². The molecule has 0 unspecified atom stereocenters. The molecule has 3 N–H and O–H groups in total. The van der Waals surface area contributed by atoms with Gasteiger partial charge in [-0.25, -0.2) is 0 Å². The summed E-state index contributed by atoms with van der Waals surface area (Å²) in [6, 6.07) is 6.08. The maximum Gasteiger partial charge on any atom is 0.0558 e. The molecule has 0 aliphatic rings. The van der Waals surface area contributed by atoms with E-state index in [1.165, 1.54) is 5.56 Å². The fourth-order valence-corrected chi connectivity index (χ4v) is 1.61. The first-order valence-electron chi connectivity index (χ1n) is 5.46. The maximum atomic E-state index is 8.94. The first kappa shape index (κ1) is 12.7. The van der Waals surface area contributed by atoms with Crippen LogP contribution in [0, 0.1) is 6.92 Å². The van der Waals surface area contributed by atoms with E-state index in [9.17, 15) is 0 Å². The fraction of sp³-hybridized carbons (Fsp3) is 0.385. The molecule has 0 aliphatic heterocycles. The summed E-state index contributed by atoms with van der Waals surface area (Å²) in [6.07, 6.45) is 1.84. The lowest BCUT2D eigenvalue weighted by molar-refractivity contribution is 0.203. The number of aliphatic hydroxyl groups is 1. The SMILES string of the molecule is C=CCN(CCO)Cc1ccc(C)c(N)c1. The molecule has 1 aromatic rings. The summed E-state index contributed by atoms with van der Waals surface area (Å²) in [5, 5.41) is 8.94. The van der Waals surface area contributed by atoms with E-state index in [1.807, 2.05) is 25.1 Å². The number of benzene rings is 1. The molecule has 1 aromatic carbocycles. The van der Waals surface area contributed by atoms with Gasteiger partial charge < -0.3 is 10.8 Å². The Morgan fingerprint density at radius 1 is 1.50 bits per heavy atom. The first-order chi connectivity index (χ1) is 7.67. The molecule has 0 spiro atoms. The zero-order valence-corrected chi connectivity index (χ0v) is 9.82. The fourth-order valence-electron chi connectivity index (χ4n) is 1.61. The molecule has 0 aliphatic carbocycles. The molecule has 0 amide bonds. The molecule has 88 valence electrons. The van der Waals surface area contributed by atoms with Crippen LogP contribution in [-0.2, 0) is 6.54 Å². The van der Waals surface area contributed by atoms with Gasteiger partial charge in [0.2, 0.25) is 0 Å². The Hall–Kier alpha value is -1.32. The zero-order chi connectivity index (χ0) is 12.0. The van der Waals surface area contributed by atoms with Crippen LogP contribution in [0.15, 0.2) is 30.9 Å². The smallest absolute Gasteiger partial charge is 0.0558 e. The van der Waals surface area contributed by atoms with Crippen LogP contribution < -0.4 is 5.73 Å². The number of nitrogen functional groups attached to an aromatic ring is 1. The predicted octanol–water partition coefficient (Wildman–Crippen LogP) is 1.56. The number of aryl methyl sites for hydroxylation is 1. The van der Waals surface area contributed by atoms with Gasteiger partial charge >= 0.3 is 0 Å². The predicted molar refractivity (Wildman–Crippen MR) is 68.2 cm³/mol.